The van der Waals surface area contributed by atoms with Crippen LogP contribution in [0.3, 0.4) is 0 Å². The molecule has 0 aliphatic heterocycles. The number of ether oxygens (including phenoxy) is 2. The van der Waals surface area contributed by atoms with Gasteiger partial charge in [0.25, 0.3) is 0 Å². The summed E-state index contributed by atoms with van der Waals surface area (Å²) in [5.74, 6) is 0.926. The predicted molar refractivity (Wildman–Crippen MR) is 71.5 cm³/mol. The van der Waals surface area contributed by atoms with E-state index in [1.54, 1.807) is 7.11 Å². The van der Waals surface area contributed by atoms with E-state index >= 15 is 0 Å². The standard InChI is InChI=1S/C15H24O2/c1-4-6-9-12-17-14(5-2)13-10-7-8-11-15(13)16-3/h7-8,10-11,14H,4-6,9,12H2,1-3H3. The van der Waals surface area contributed by atoms with Crippen molar-refractivity contribution >= 4 is 0 Å². The van der Waals surface area contributed by atoms with Gasteiger partial charge in [0.05, 0.1) is 13.2 Å². The van der Waals surface area contributed by atoms with Gasteiger partial charge in [-0.15, -0.1) is 0 Å². The molecule has 0 radical (unpaired) electrons. The highest BCUT2D eigenvalue weighted by atomic mass is 16.5. The average molecular weight is 236 g/mol. The second kappa shape index (κ2) is 8.13. The molecule has 0 aromatic heterocycles. The molecule has 1 atom stereocenters. The Labute approximate surface area is 105 Å². The topological polar surface area (TPSA) is 18.5 Å². The highest BCUT2D eigenvalue weighted by Gasteiger charge is 2.13. The molecule has 0 spiro atoms. The Morgan fingerprint density at radius 3 is 2.53 bits per heavy atom. The van der Waals surface area contributed by atoms with Crippen molar-refractivity contribution in [2.45, 2.75) is 45.6 Å². The minimum Gasteiger partial charge on any atom is -0.496 e. The van der Waals surface area contributed by atoms with Crippen LogP contribution in [-0.2, 0) is 4.74 Å². The van der Waals surface area contributed by atoms with E-state index in [2.05, 4.69) is 19.9 Å². The summed E-state index contributed by atoms with van der Waals surface area (Å²) in [7, 11) is 1.71. The number of para-hydroxylation sites is 1. The molecule has 0 aliphatic rings. The molecule has 0 fully saturated rings. The normalized spacial score (nSPS) is 12.4. The second-order valence-electron chi connectivity index (χ2n) is 4.22. The Hall–Kier alpha value is -1.02. The van der Waals surface area contributed by atoms with Crippen LogP contribution in [-0.4, -0.2) is 13.7 Å². The lowest BCUT2D eigenvalue weighted by molar-refractivity contribution is 0.0459. The summed E-state index contributed by atoms with van der Waals surface area (Å²) in [6, 6.07) is 8.11. The van der Waals surface area contributed by atoms with Gasteiger partial charge >= 0.3 is 0 Å². The maximum absolute atomic E-state index is 5.94. The quantitative estimate of drug-likeness (QED) is 0.625. The molecule has 96 valence electrons. The Balaban J connectivity index is 2.59. The van der Waals surface area contributed by atoms with Crippen molar-refractivity contribution in [3.8, 4) is 5.75 Å². The van der Waals surface area contributed by atoms with Crippen LogP contribution in [0.25, 0.3) is 0 Å². The van der Waals surface area contributed by atoms with Crippen molar-refractivity contribution in [2.24, 2.45) is 0 Å². The Morgan fingerprint density at radius 2 is 1.88 bits per heavy atom. The summed E-state index contributed by atoms with van der Waals surface area (Å²) in [5, 5.41) is 0. The van der Waals surface area contributed by atoms with Crippen LogP contribution in [0.5, 0.6) is 5.75 Å². The van der Waals surface area contributed by atoms with Crippen LogP contribution in [0, 0.1) is 0 Å². The molecule has 0 N–H and O–H groups in total. The minimum absolute atomic E-state index is 0.156. The van der Waals surface area contributed by atoms with Gasteiger partial charge in [-0.1, -0.05) is 44.9 Å². The monoisotopic (exact) mass is 236 g/mol. The van der Waals surface area contributed by atoms with Crippen LogP contribution < -0.4 is 4.74 Å². The van der Waals surface area contributed by atoms with Crippen LogP contribution in [0.4, 0.5) is 0 Å². The molecule has 0 amide bonds. The number of hydrogen-bond acceptors (Lipinski definition) is 2. The van der Waals surface area contributed by atoms with Gasteiger partial charge in [-0.3, -0.25) is 0 Å². The number of benzene rings is 1. The lowest BCUT2D eigenvalue weighted by Crippen LogP contribution is -2.06. The first-order valence-corrected chi connectivity index (χ1v) is 6.58. The maximum atomic E-state index is 5.94. The smallest absolute Gasteiger partial charge is 0.124 e. The first kappa shape index (κ1) is 14.0. The zero-order valence-electron chi connectivity index (χ0n) is 11.2. The molecule has 0 saturated carbocycles. The highest BCUT2D eigenvalue weighted by Crippen LogP contribution is 2.29. The number of unbranched alkanes of at least 4 members (excludes halogenated alkanes) is 2. The summed E-state index contributed by atoms with van der Waals surface area (Å²) in [6.07, 6.45) is 4.74. The molecule has 0 bridgehead atoms. The Bertz CT molecular complexity index is 310. The van der Waals surface area contributed by atoms with Crippen molar-refractivity contribution < 1.29 is 9.47 Å². The average Bonchev–Trinajstić information content (AvgIpc) is 2.39. The molecule has 1 rings (SSSR count). The largest absolute Gasteiger partial charge is 0.496 e. The molecule has 2 nitrogen and oxygen atoms in total. The van der Waals surface area contributed by atoms with Crippen LogP contribution >= 0.6 is 0 Å². The third kappa shape index (κ3) is 4.39. The van der Waals surface area contributed by atoms with Gasteiger partial charge in [0.1, 0.15) is 5.75 Å². The summed E-state index contributed by atoms with van der Waals surface area (Å²) in [4.78, 5) is 0. The number of methoxy groups -OCH3 is 1. The summed E-state index contributed by atoms with van der Waals surface area (Å²) in [6.45, 7) is 5.19. The van der Waals surface area contributed by atoms with Gasteiger partial charge in [0.15, 0.2) is 0 Å². The Morgan fingerprint density at radius 1 is 1.12 bits per heavy atom. The molecular weight excluding hydrogens is 212 g/mol. The van der Waals surface area contributed by atoms with E-state index < -0.39 is 0 Å². The lowest BCUT2D eigenvalue weighted by atomic mass is 10.1. The molecule has 0 saturated heterocycles. The van der Waals surface area contributed by atoms with E-state index in [-0.39, 0.29) is 6.10 Å². The number of rotatable bonds is 8. The van der Waals surface area contributed by atoms with Crippen LogP contribution in [0.15, 0.2) is 24.3 Å². The lowest BCUT2D eigenvalue weighted by Gasteiger charge is -2.19. The van der Waals surface area contributed by atoms with Gasteiger partial charge in [-0.25, -0.2) is 0 Å². The molecule has 2 heteroatoms. The van der Waals surface area contributed by atoms with E-state index in [9.17, 15) is 0 Å². The summed E-state index contributed by atoms with van der Waals surface area (Å²) < 4.78 is 11.3. The Kier molecular flexibility index (Phi) is 6.71. The molecular formula is C15H24O2. The molecule has 1 unspecified atom stereocenters. The van der Waals surface area contributed by atoms with Gasteiger partial charge < -0.3 is 9.47 Å². The fraction of sp³-hybridized carbons (Fsp3) is 0.600. The van der Waals surface area contributed by atoms with Crippen molar-refractivity contribution in [2.75, 3.05) is 13.7 Å². The third-order valence-electron chi connectivity index (χ3n) is 2.92. The van der Waals surface area contributed by atoms with E-state index in [1.807, 2.05) is 18.2 Å². The van der Waals surface area contributed by atoms with Crippen LogP contribution in [0.1, 0.15) is 51.2 Å². The van der Waals surface area contributed by atoms with Crippen molar-refractivity contribution in [3.05, 3.63) is 29.8 Å². The van der Waals surface area contributed by atoms with Gasteiger partial charge in [0.2, 0.25) is 0 Å². The fourth-order valence-electron chi connectivity index (χ4n) is 1.94. The van der Waals surface area contributed by atoms with Gasteiger partial charge in [0, 0.05) is 12.2 Å². The third-order valence-corrected chi connectivity index (χ3v) is 2.92. The summed E-state index contributed by atoms with van der Waals surface area (Å²) >= 11 is 0. The van der Waals surface area contributed by atoms with Gasteiger partial charge in [-0.05, 0) is 18.9 Å². The van der Waals surface area contributed by atoms with E-state index in [0.29, 0.717) is 0 Å². The molecule has 17 heavy (non-hydrogen) atoms. The zero-order valence-corrected chi connectivity index (χ0v) is 11.2. The maximum Gasteiger partial charge on any atom is 0.124 e. The van der Waals surface area contributed by atoms with E-state index in [0.717, 1.165) is 30.8 Å². The van der Waals surface area contributed by atoms with Crippen molar-refractivity contribution in [1.29, 1.82) is 0 Å². The summed E-state index contributed by atoms with van der Waals surface area (Å²) in [5.41, 5.74) is 1.16. The van der Waals surface area contributed by atoms with Crippen molar-refractivity contribution in [1.82, 2.24) is 0 Å². The minimum atomic E-state index is 0.156. The van der Waals surface area contributed by atoms with Crippen LogP contribution in [0.2, 0.25) is 0 Å². The zero-order chi connectivity index (χ0) is 12.5. The van der Waals surface area contributed by atoms with E-state index in [1.165, 1.54) is 12.8 Å². The fourth-order valence-corrected chi connectivity index (χ4v) is 1.94. The molecule has 1 aromatic rings. The molecule has 0 heterocycles. The van der Waals surface area contributed by atoms with E-state index in [4.69, 9.17) is 9.47 Å². The SMILES string of the molecule is CCCCCOC(CC)c1ccccc1OC. The number of hydrogen-bond donors (Lipinski definition) is 0. The first-order valence-electron chi connectivity index (χ1n) is 6.58. The molecule has 1 aromatic carbocycles. The highest BCUT2D eigenvalue weighted by molar-refractivity contribution is 5.35. The van der Waals surface area contributed by atoms with Gasteiger partial charge in [-0.2, -0.15) is 0 Å². The predicted octanol–water partition coefficient (Wildman–Crippen LogP) is 4.35. The molecule has 0 aliphatic carbocycles. The first-order chi connectivity index (χ1) is 8.33. The van der Waals surface area contributed by atoms with Crippen molar-refractivity contribution in [3.63, 3.8) is 0 Å². The second-order valence-corrected chi connectivity index (χ2v) is 4.22.